The van der Waals surface area contributed by atoms with Gasteiger partial charge in [0, 0.05) is 12.1 Å². The van der Waals surface area contributed by atoms with Crippen molar-refractivity contribution in [1.82, 2.24) is 15.3 Å². The van der Waals surface area contributed by atoms with E-state index in [4.69, 9.17) is 18.9 Å². The Balaban J connectivity index is 1.64. The minimum atomic E-state index is -0.460. The molecule has 3 rings (SSSR count). The summed E-state index contributed by atoms with van der Waals surface area (Å²) in [6, 6.07) is 8.49. The van der Waals surface area contributed by atoms with Crippen molar-refractivity contribution >= 4 is 6.09 Å². The molecule has 1 aliphatic carbocycles. The molecule has 1 aromatic carbocycles. The third-order valence-electron chi connectivity index (χ3n) is 4.23. The van der Waals surface area contributed by atoms with Crippen LogP contribution in [0.2, 0.25) is 0 Å². The molecule has 27 heavy (non-hydrogen) atoms. The van der Waals surface area contributed by atoms with E-state index in [1.165, 1.54) is 20.6 Å². The maximum atomic E-state index is 12.1. The average Bonchev–Trinajstić information content (AvgIpc) is 2.68. The number of methoxy groups -OCH3 is 2. The first kappa shape index (κ1) is 18.8. The smallest absolute Gasteiger partial charge is 0.412 e. The lowest BCUT2D eigenvalue weighted by Gasteiger charge is -2.22. The Labute approximate surface area is 157 Å². The second kappa shape index (κ2) is 9.07. The van der Waals surface area contributed by atoms with Gasteiger partial charge >= 0.3 is 12.1 Å². The molecular weight excluding hydrogens is 350 g/mol. The predicted octanol–water partition coefficient (Wildman–Crippen LogP) is 3.71. The molecule has 144 valence electrons. The highest BCUT2D eigenvalue weighted by Crippen LogP contribution is 2.26. The molecule has 0 spiro atoms. The molecule has 1 fully saturated rings. The Hall–Kier alpha value is -3.03. The van der Waals surface area contributed by atoms with Gasteiger partial charge in [0.05, 0.1) is 20.3 Å². The summed E-state index contributed by atoms with van der Waals surface area (Å²) >= 11 is 0. The Morgan fingerprint density at radius 1 is 1.00 bits per heavy atom. The highest BCUT2D eigenvalue weighted by atomic mass is 16.6. The van der Waals surface area contributed by atoms with Crippen molar-refractivity contribution in [1.29, 1.82) is 0 Å². The lowest BCUT2D eigenvalue weighted by Crippen LogP contribution is -2.37. The SMILES string of the molecule is COc1cc(OC)nc(Oc2cccc(OC(=O)NC3CCCCC3)c2)n1. The fourth-order valence-electron chi connectivity index (χ4n) is 2.90. The largest absolute Gasteiger partial charge is 0.481 e. The Morgan fingerprint density at radius 3 is 2.33 bits per heavy atom. The second-order valence-corrected chi connectivity index (χ2v) is 6.18. The van der Waals surface area contributed by atoms with Crippen molar-refractivity contribution in [2.75, 3.05) is 14.2 Å². The molecule has 8 heteroatoms. The van der Waals surface area contributed by atoms with Gasteiger partial charge in [-0.1, -0.05) is 25.3 Å². The molecule has 1 amide bonds. The normalized spacial score (nSPS) is 14.3. The van der Waals surface area contributed by atoms with Crippen molar-refractivity contribution in [3.63, 3.8) is 0 Å². The predicted molar refractivity (Wildman–Crippen MR) is 97.7 cm³/mol. The Kier molecular flexibility index (Phi) is 6.30. The van der Waals surface area contributed by atoms with Crippen LogP contribution in [0.15, 0.2) is 30.3 Å². The van der Waals surface area contributed by atoms with Gasteiger partial charge < -0.3 is 24.3 Å². The summed E-state index contributed by atoms with van der Waals surface area (Å²) in [6.45, 7) is 0. The lowest BCUT2D eigenvalue weighted by atomic mass is 9.96. The zero-order valence-corrected chi connectivity index (χ0v) is 15.4. The molecule has 1 heterocycles. The lowest BCUT2D eigenvalue weighted by molar-refractivity contribution is 0.192. The van der Waals surface area contributed by atoms with Crippen molar-refractivity contribution < 1.29 is 23.7 Å². The molecule has 0 atom stereocenters. The van der Waals surface area contributed by atoms with E-state index in [0.717, 1.165) is 25.7 Å². The van der Waals surface area contributed by atoms with Crippen molar-refractivity contribution in [2.24, 2.45) is 0 Å². The van der Waals surface area contributed by atoms with Crippen LogP contribution in [0.4, 0.5) is 4.79 Å². The van der Waals surface area contributed by atoms with Gasteiger partial charge in [-0.05, 0) is 25.0 Å². The van der Waals surface area contributed by atoms with Crippen molar-refractivity contribution in [3.8, 4) is 29.3 Å². The van der Waals surface area contributed by atoms with Gasteiger partial charge in [-0.25, -0.2) is 4.79 Å². The summed E-state index contributed by atoms with van der Waals surface area (Å²) < 4.78 is 21.2. The van der Waals surface area contributed by atoms with Gasteiger partial charge in [0.2, 0.25) is 11.8 Å². The first-order valence-corrected chi connectivity index (χ1v) is 8.89. The van der Waals surface area contributed by atoms with Gasteiger partial charge in [0.25, 0.3) is 0 Å². The van der Waals surface area contributed by atoms with E-state index in [1.807, 2.05) is 0 Å². The minimum Gasteiger partial charge on any atom is -0.481 e. The van der Waals surface area contributed by atoms with E-state index in [0.29, 0.717) is 23.3 Å². The van der Waals surface area contributed by atoms with Crippen LogP contribution in [-0.2, 0) is 0 Å². The first-order chi connectivity index (χ1) is 13.2. The Bertz CT molecular complexity index is 755. The summed E-state index contributed by atoms with van der Waals surface area (Å²) in [7, 11) is 2.98. The third-order valence-corrected chi connectivity index (χ3v) is 4.23. The topological polar surface area (TPSA) is 91.8 Å². The van der Waals surface area contributed by atoms with Crippen molar-refractivity contribution in [2.45, 2.75) is 38.1 Å². The fraction of sp³-hybridized carbons (Fsp3) is 0.421. The molecule has 1 saturated carbocycles. The van der Waals surface area contributed by atoms with Crippen LogP contribution in [0, 0.1) is 0 Å². The fourth-order valence-corrected chi connectivity index (χ4v) is 2.90. The second-order valence-electron chi connectivity index (χ2n) is 6.18. The zero-order valence-electron chi connectivity index (χ0n) is 15.4. The molecule has 0 aliphatic heterocycles. The number of benzene rings is 1. The molecule has 1 aliphatic rings. The molecule has 0 bridgehead atoms. The highest BCUT2D eigenvalue weighted by Gasteiger charge is 2.17. The van der Waals surface area contributed by atoms with Gasteiger partial charge in [-0.15, -0.1) is 0 Å². The van der Waals surface area contributed by atoms with E-state index in [1.54, 1.807) is 30.3 Å². The molecule has 8 nitrogen and oxygen atoms in total. The van der Waals surface area contributed by atoms with E-state index < -0.39 is 6.09 Å². The van der Waals surface area contributed by atoms with E-state index >= 15 is 0 Å². The van der Waals surface area contributed by atoms with Crippen LogP contribution in [0.3, 0.4) is 0 Å². The van der Waals surface area contributed by atoms with Crippen LogP contribution in [-0.4, -0.2) is 36.3 Å². The number of rotatable bonds is 6. The van der Waals surface area contributed by atoms with Gasteiger partial charge in [-0.3, -0.25) is 0 Å². The van der Waals surface area contributed by atoms with Crippen LogP contribution in [0.5, 0.6) is 29.3 Å². The molecule has 0 saturated heterocycles. The molecular formula is C19H23N3O5. The maximum absolute atomic E-state index is 12.1. The number of aromatic nitrogens is 2. The summed E-state index contributed by atoms with van der Waals surface area (Å²) in [4.78, 5) is 20.3. The van der Waals surface area contributed by atoms with Gasteiger partial charge in [0.1, 0.15) is 11.5 Å². The number of hydrogen-bond acceptors (Lipinski definition) is 7. The van der Waals surface area contributed by atoms with E-state index in [2.05, 4.69) is 15.3 Å². The van der Waals surface area contributed by atoms with Gasteiger partial charge in [-0.2, -0.15) is 9.97 Å². The summed E-state index contributed by atoms with van der Waals surface area (Å²) in [5.74, 6) is 1.43. The van der Waals surface area contributed by atoms with Crippen LogP contribution in [0.1, 0.15) is 32.1 Å². The summed E-state index contributed by atoms with van der Waals surface area (Å²) in [5.41, 5.74) is 0. The van der Waals surface area contributed by atoms with E-state index in [-0.39, 0.29) is 12.1 Å². The minimum absolute atomic E-state index is 0.0648. The molecule has 1 aromatic heterocycles. The summed E-state index contributed by atoms with van der Waals surface area (Å²) in [6.07, 6.45) is 5.03. The monoisotopic (exact) mass is 373 g/mol. The van der Waals surface area contributed by atoms with E-state index in [9.17, 15) is 4.79 Å². The van der Waals surface area contributed by atoms with Crippen LogP contribution >= 0.6 is 0 Å². The number of nitrogens with zero attached hydrogens (tertiary/aromatic N) is 2. The molecule has 1 N–H and O–H groups in total. The number of carbonyl (C=O) groups excluding carboxylic acids is 1. The Morgan fingerprint density at radius 2 is 1.67 bits per heavy atom. The number of amides is 1. The zero-order chi connectivity index (χ0) is 19.1. The van der Waals surface area contributed by atoms with Crippen LogP contribution in [0.25, 0.3) is 0 Å². The van der Waals surface area contributed by atoms with Gasteiger partial charge in [0.15, 0.2) is 0 Å². The quantitative estimate of drug-likeness (QED) is 0.825. The molecule has 0 radical (unpaired) electrons. The third kappa shape index (κ3) is 5.47. The number of ether oxygens (including phenoxy) is 4. The number of hydrogen-bond donors (Lipinski definition) is 1. The number of nitrogens with one attached hydrogen (secondary N) is 1. The standard InChI is InChI=1S/C19H23N3O5/c1-24-16-12-17(25-2)22-18(21-16)26-14-9-6-10-15(11-14)27-19(23)20-13-7-4-3-5-8-13/h6,9-13H,3-5,7-8H2,1-2H3,(H,20,23). The summed E-state index contributed by atoms with van der Waals surface area (Å²) in [5, 5.41) is 2.91. The van der Waals surface area contributed by atoms with Crippen LogP contribution < -0.4 is 24.3 Å². The molecule has 2 aromatic rings. The first-order valence-electron chi connectivity index (χ1n) is 8.89. The maximum Gasteiger partial charge on any atom is 0.412 e. The highest BCUT2D eigenvalue weighted by molar-refractivity contribution is 5.70. The average molecular weight is 373 g/mol. The molecule has 0 unspecified atom stereocenters. The van der Waals surface area contributed by atoms with Crippen molar-refractivity contribution in [3.05, 3.63) is 30.3 Å². The number of carbonyl (C=O) groups is 1.